The van der Waals surface area contributed by atoms with Crippen LogP contribution in [0.15, 0.2) is 40.9 Å². The first-order chi connectivity index (χ1) is 12.4. The van der Waals surface area contributed by atoms with Gasteiger partial charge in [0, 0.05) is 28.8 Å². The lowest BCUT2D eigenvalue weighted by atomic mass is 9.97. The van der Waals surface area contributed by atoms with Crippen LogP contribution in [0.4, 0.5) is 8.78 Å². The second-order valence-electron chi connectivity index (χ2n) is 7.04. The molecule has 0 spiro atoms. The fraction of sp³-hybridized carbons (Fsp3) is 0.227. The van der Waals surface area contributed by atoms with E-state index in [4.69, 9.17) is 4.42 Å². The molecule has 0 saturated carbocycles. The zero-order valence-corrected chi connectivity index (χ0v) is 15.2. The molecule has 0 atom stereocenters. The number of nitrogens with zero attached hydrogens (tertiary/aromatic N) is 1. The van der Waals surface area contributed by atoms with E-state index in [2.05, 4.69) is 18.8 Å². The number of rotatable bonds is 2. The molecule has 4 heteroatoms. The van der Waals surface area contributed by atoms with Crippen LogP contribution in [0.5, 0.6) is 0 Å². The Morgan fingerprint density at radius 1 is 1.08 bits per heavy atom. The van der Waals surface area contributed by atoms with Crippen molar-refractivity contribution in [1.29, 1.82) is 0 Å². The number of aryl methyl sites for hydroxylation is 1. The maximum atomic E-state index is 14.7. The SMILES string of the molecule is Cc1cnc(-c2cccc3c2oc2cc(F)c(C)c(F)c23)cc1C(C)C. The van der Waals surface area contributed by atoms with Gasteiger partial charge in [0.2, 0.25) is 0 Å². The topological polar surface area (TPSA) is 26.0 Å². The molecule has 0 unspecified atom stereocenters. The monoisotopic (exact) mass is 351 g/mol. The van der Waals surface area contributed by atoms with Gasteiger partial charge >= 0.3 is 0 Å². The highest BCUT2D eigenvalue weighted by atomic mass is 19.1. The molecule has 0 aliphatic rings. The summed E-state index contributed by atoms with van der Waals surface area (Å²) in [4.78, 5) is 4.54. The van der Waals surface area contributed by atoms with Gasteiger partial charge in [-0.2, -0.15) is 0 Å². The second kappa shape index (κ2) is 5.90. The normalized spacial score (nSPS) is 11.8. The molecule has 0 amide bonds. The average Bonchev–Trinajstić information content (AvgIpc) is 2.98. The largest absolute Gasteiger partial charge is 0.455 e. The summed E-state index contributed by atoms with van der Waals surface area (Å²) >= 11 is 0. The van der Waals surface area contributed by atoms with Crippen molar-refractivity contribution in [1.82, 2.24) is 4.98 Å². The van der Waals surface area contributed by atoms with E-state index in [-0.39, 0.29) is 11.1 Å². The summed E-state index contributed by atoms with van der Waals surface area (Å²) in [5, 5.41) is 0.948. The van der Waals surface area contributed by atoms with Gasteiger partial charge in [0.25, 0.3) is 0 Å². The number of benzene rings is 2. The van der Waals surface area contributed by atoms with Crippen molar-refractivity contribution in [2.45, 2.75) is 33.6 Å². The third-order valence-electron chi connectivity index (χ3n) is 4.95. The third kappa shape index (κ3) is 2.40. The van der Waals surface area contributed by atoms with E-state index < -0.39 is 11.6 Å². The molecular weight excluding hydrogens is 332 g/mol. The molecular formula is C22H19F2NO. The van der Waals surface area contributed by atoms with Crippen molar-refractivity contribution in [3.8, 4) is 11.3 Å². The molecule has 0 fully saturated rings. The Labute approximate surface area is 150 Å². The standard InChI is InChI=1S/C22H19F2NO/c1-11(2)16-8-18(25-10-12(16)3)14-6-5-7-15-20-19(26-22(14)15)9-17(23)13(4)21(20)24/h5-11H,1-4H3. The minimum Gasteiger partial charge on any atom is -0.455 e. The Balaban J connectivity index is 2.05. The Bertz CT molecular complexity index is 1160. The van der Waals surface area contributed by atoms with Crippen LogP contribution < -0.4 is 0 Å². The van der Waals surface area contributed by atoms with Crippen molar-refractivity contribution >= 4 is 21.9 Å². The van der Waals surface area contributed by atoms with Crippen molar-refractivity contribution < 1.29 is 13.2 Å². The Morgan fingerprint density at radius 3 is 2.58 bits per heavy atom. The van der Waals surface area contributed by atoms with Gasteiger partial charge < -0.3 is 4.42 Å². The minimum atomic E-state index is -0.605. The van der Waals surface area contributed by atoms with Gasteiger partial charge in [0.1, 0.15) is 22.8 Å². The van der Waals surface area contributed by atoms with Crippen LogP contribution in [0.25, 0.3) is 33.2 Å². The molecule has 0 N–H and O–H groups in total. The van der Waals surface area contributed by atoms with Gasteiger partial charge in [0.15, 0.2) is 0 Å². The molecule has 2 nitrogen and oxygen atoms in total. The van der Waals surface area contributed by atoms with Crippen LogP contribution in [0.1, 0.15) is 36.5 Å². The maximum absolute atomic E-state index is 14.7. The van der Waals surface area contributed by atoms with E-state index in [0.717, 1.165) is 16.8 Å². The van der Waals surface area contributed by atoms with Crippen molar-refractivity contribution in [2.75, 3.05) is 0 Å². The van der Waals surface area contributed by atoms with Crippen LogP contribution >= 0.6 is 0 Å². The molecule has 0 radical (unpaired) electrons. The molecule has 4 rings (SSSR count). The first kappa shape index (κ1) is 16.7. The first-order valence-electron chi connectivity index (χ1n) is 8.65. The minimum absolute atomic E-state index is 0.00107. The van der Waals surface area contributed by atoms with Crippen LogP contribution in [0.3, 0.4) is 0 Å². The fourth-order valence-electron chi connectivity index (χ4n) is 3.49. The summed E-state index contributed by atoms with van der Waals surface area (Å²) in [6.45, 7) is 7.74. The van der Waals surface area contributed by atoms with E-state index >= 15 is 0 Å². The van der Waals surface area contributed by atoms with Gasteiger partial charge in [-0.3, -0.25) is 4.98 Å². The smallest absolute Gasteiger partial charge is 0.144 e. The van der Waals surface area contributed by atoms with Gasteiger partial charge in [0.05, 0.1) is 11.1 Å². The summed E-state index contributed by atoms with van der Waals surface area (Å²) in [5.74, 6) is -0.817. The predicted molar refractivity (Wildman–Crippen MR) is 100 cm³/mol. The molecule has 0 aliphatic carbocycles. The van der Waals surface area contributed by atoms with E-state index in [1.165, 1.54) is 18.6 Å². The molecule has 2 aromatic heterocycles. The summed E-state index contributed by atoms with van der Waals surface area (Å²) in [7, 11) is 0. The molecule has 0 saturated heterocycles. The number of hydrogen-bond acceptors (Lipinski definition) is 2. The lowest BCUT2D eigenvalue weighted by Crippen LogP contribution is -1.95. The summed E-state index contributed by atoms with van der Waals surface area (Å²) in [6.07, 6.45) is 1.84. The van der Waals surface area contributed by atoms with Gasteiger partial charge in [-0.05, 0) is 43.0 Å². The van der Waals surface area contributed by atoms with Crippen LogP contribution in [0, 0.1) is 25.5 Å². The lowest BCUT2D eigenvalue weighted by Gasteiger charge is -2.11. The highest BCUT2D eigenvalue weighted by molar-refractivity contribution is 6.09. The van der Waals surface area contributed by atoms with Crippen LogP contribution in [-0.2, 0) is 0 Å². The van der Waals surface area contributed by atoms with E-state index in [1.807, 2.05) is 31.3 Å². The Morgan fingerprint density at radius 2 is 1.85 bits per heavy atom. The quantitative estimate of drug-likeness (QED) is 0.403. The summed E-state index contributed by atoms with van der Waals surface area (Å²) in [5.41, 5.74) is 4.61. The maximum Gasteiger partial charge on any atom is 0.144 e. The second-order valence-corrected chi connectivity index (χ2v) is 7.04. The first-order valence-corrected chi connectivity index (χ1v) is 8.65. The Kier molecular flexibility index (Phi) is 3.79. The summed E-state index contributed by atoms with van der Waals surface area (Å²) in [6, 6.07) is 8.83. The fourth-order valence-corrected chi connectivity index (χ4v) is 3.49. The highest BCUT2D eigenvalue weighted by Crippen LogP contribution is 2.38. The van der Waals surface area contributed by atoms with Gasteiger partial charge in [-0.15, -0.1) is 0 Å². The zero-order valence-electron chi connectivity index (χ0n) is 15.2. The average molecular weight is 351 g/mol. The van der Waals surface area contributed by atoms with E-state index in [1.54, 1.807) is 6.07 Å². The van der Waals surface area contributed by atoms with Crippen LogP contribution in [0.2, 0.25) is 0 Å². The Hall–Kier alpha value is -2.75. The molecule has 132 valence electrons. The van der Waals surface area contributed by atoms with Gasteiger partial charge in [-0.1, -0.05) is 26.0 Å². The van der Waals surface area contributed by atoms with Gasteiger partial charge in [-0.25, -0.2) is 8.78 Å². The number of furan rings is 1. The lowest BCUT2D eigenvalue weighted by molar-refractivity contribution is 0.570. The summed E-state index contributed by atoms with van der Waals surface area (Å²) < 4.78 is 34.5. The van der Waals surface area contributed by atoms with E-state index in [9.17, 15) is 8.78 Å². The van der Waals surface area contributed by atoms with Crippen LogP contribution in [-0.4, -0.2) is 4.98 Å². The van der Waals surface area contributed by atoms with E-state index in [0.29, 0.717) is 22.3 Å². The third-order valence-corrected chi connectivity index (χ3v) is 4.95. The highest BCUT2D eigenvalue weighted by Gasteiger charge is 2.19. The molecule has 2 heterocycles. The van der Waals surface area contributed by atoms with Crippen molar-refractivity contribution in [3.05, 3.63) is 64.9 Å². The molecule has 0 bridgehead atoms. The number of hydrogen-bond donors (Lipinski definition) is 0. The zero-order chi connectivity index (χ0) is 18.6. The van der Waals surface area contributed by atoms with Crippen molar-refractivity contribution in [2.24, 2.45) is 0 Å². The molecule has 0 aliphatic heterocycles. The number of fused-ring (bicyclic) bond motifs is 3. The number of aromatic nitrogens is 1. The predicted octanol–water partition coefficient (Wildman–Crippen LogP) is 6.67. The molecule has 4 aromatic rings. The van der Waals surface area contributed by atoms with Crippen molar-refractivity contribution in [3.63, 3.8) is 0 Å². The number of halogens is 2. The molecule has 26 heavy (non-hydrogen) atoms. The molecule has 2 aromatic carbocycles. The number of para-hydroxylation sites is 1. The number of pyridine rings is 1.